The maximum absolute atomic E-state index is 12.1. The Morgan fingerprint density at radius 2 is 1.76 bits per heavy atom. The van der Waals surface area contributed by atoms with Crippen LogP contribution < -0.4 is 5.32 Å². The van der Waals surface area contributed by atoms with Gasteiger partial charge in [-0.25, -0.2) is 9.97 Å². The fraction of sp³-hybridized carbons (Fsp3) is 0.0952. The second-order valence-electron chi connectivity index (χ2n) is 6.23. The molecule has 146 valence electrons. The first-order valence-corrected chi connectivity index (χ1v) is 9.54. The van der Waals surface area contributed by atoms with E-state index < -0.39 is 4.92 Å². The predicted octanol–water partition coefficient (Wildman–Crippen LogP) is 4.80. The second kappa shape index (κ2) is 9.11. The molecular formula is C21H18N4O3S. The first-order chi connectivity index (χ1) is 13.9. The zero-order valence-electron chi connectivity index (χ0n) is 15.8. The largest absolute Gasteiger partial charge is 0.323 e. The molecule has 29 heavy (non-hydrogen) atoms. The van der Waals surface area contributed by atoms with E-state index in [1.165, 1.54) is 36.0 Å². The number of non-ortho nitro benzene ring substituents is 1. The number of aryl methyl sites for hydroxylation is 2. The Morgan fingerprint density at radius 3 is 2.41 bits per heavy atom. The molecule has 0 saturated heterocycles. The molecule has 1 heterocycles. The molecule has 0 aliphatic rings. The lowest BCUT2D eigenvalue weighted by molar-refractivity contribution is -0.384. The number of hydrogen-bond donors (Lipinski definition) is 1. The van der Waals surface area contributed by atoms with Gasteiger partial charge in [-0.15, -0.1) is 0 Å². The summed E-state index contributed by atoms with van der Waals surface area (Å²) >= 11 is 1.45. The van der Waals surface area contributed by atoms with Gasteiger partial charge in [-0.2, -0.15) is 0 Å². The molecule has 0 saturated carbocycles. The highest BCUT2D eigenvalue weighted by Gasteiger charge is 2.05. The number of amides is 1. The Bertz CT molecular complexity index is 1060. The quantitative estimate of drug-likeness (QED) is 0.273. The molecule has 2 aromatic carbocycles. The number of nitro groups is 1. The van der Waals surface area contributed by atoms with Crippen molar-refractivity contribution < 1.29 is 9.72 Å². The van der Waals surface area contributed by atoms with Crippen LogP contribution in [0.1, 0.15) is 17.0 Å². The highest BCUT2D eigenvalue weighted by Crippen LogP contribution is 2.26. The van der Waals surface area contributed by atoms with E-state index in [-0.39, 0.29) is 11.6 Å². The van der Waals surface area contributed by atoms with Gasteiger partial charge in [0.15, 0.2) is 5.16 Å². The molecule has 0 bridgehead atoms. The first-order valence-electron chi connectivity index (χ1n) is 8.73. The highest BCUT2D eigenvalue weighted by molar-refractivity contribution is 7.99. The van der Waals surface area contributed by atoms with Crippen LogP contribution in [0.15, 0.2) is 70.7 Å². The first kappa shape index (κ1) is 20.2. The van der Waals surface area contributed by atoms with Gasteiger partial charge in [-0.3, -0.25) is 14.9 Å². The van der Waals surface area contributed by atoms with E-state index in [9.17, 15) is 14.9 Å². The summed E-state index contributed by atoms with van der Waals surface area (Å²) in [6.45, 7) is 3.86. The van der Waals surface area contributed by atoms with E-state index in [4.69, 9.17) is 0 Å². The zero-order chi connectivity index (χ0) is 20.8. The molecule has 0 unspecified atom stereocenters. The minimum absolute atomic E-state index is 0.0200. The van der Waals surface area contributed by atoms with Gasteiger partial charge in [-0.1, -0.05) is 12.1 Å². The number of nitro benzene ring substituents is 1. The summed E-state index contributed by atoms with van der Waals surface area (Å²) in [5.41, 5.74) is 3.03. The van der Waals surface area contributed by atoms with Crippen molar-refractivity contribution in [3.63, 3.8) is 0 Å². The van der Waals surface area contributed by atoms with Gasteiger partial charge >= 0.3 is 0 Å². The number of hydrogen-bond acceptors (Lipinski definition) is 6. The van der Waals surface area contributed by atoms with Gasteiger partial charge in [-0.05, 0) is 67.6 Å². The molecule has 8 heteroatoms. The van der Waals surface area contributed by atoms with Crippen LogP contribution in [0.3, 0.4) is 0 Å². The van der Waals surface area contributed by atoms with Gasteiger partial charge in [0, 0.05) is 40.2 Å². The van der Waals surface area contributed by atoms with E-state index in [2.05, 4.69) is 15.3 Å². The average Bonchev–Trinajstić information content (AvgIpc) is 2.67. The van der Waals surface area contributed by atoms with E-state index in [1.807, 2.05) is 32.0 Å². The molecule has 0 aliphatic heterocycles. The van der Waals surface area contributed by atoms with E-state index in [0.717, 1.165) is 16.3 Å². The Kier molecular flexibility index (Phi) is 6.36. The van der Waals surface area contributed by atoms with Gasteiger partial charge in [0.2, 0.25) is 5.91 Å². The molecule has 3 rings (SSSR count). The van der Waals surface area contributed by atoms with Crippen molar-refractivity contribution in [2.45, 2.75) is 23.9 Å². The smallest absolute Gasteiger partial charge is 0.270 e. The summed E-state index contributed by atoms with van der Waals surface area (Å²) in [6, 6.07) is 15.4. The second-order valence-corrected chi connectivity index (χ2v) is 7.28. The fourth-order valence-electron chi connectivity index (χ4n) is 2.55. The van der Waals surface area contributed by atoms with Crippen LogP contribution >= 0.6 is 11.8 Å². The molecule has 1 N–H and O–H groups in total. The number of carbonyl (C=O) groups excluding carboxylic acids is 1. The average molecular weight is 406 g/mol. The van der Waals surface area contributed by atoms with Crippen molar-refractivity contribution in [3.05, 3.63) is 87.7 Å². The molecule has 0 atom stereocenters. The molecule has 0 aliphatic carbocycles. The SMILES string of the molecule is Cc1cc(C)nc(Sc2ccc(NC(=O)/C=C/c3cccc([N+](=O)[O-])c3)cc2)n1. The maximum atomic E-state index is 12.1. The van der Waals surface area contributed by atoms with Crippen molar-refractivity contribution >= 4 is 35.1 Å². The Balaban J connectivity index is 1.61. The number of anilines is 1. The monoisotopic (exact) mass is 406 g/mol. The number of nitrogens with one attached hydrogen (secondary N) is 1. The number of benzene rings is 2. The Labute approximate surface area is 172 Å². The molecule has 3 aromatic rings. The minimum atomic E-state index is -0.472. The summed E-state index contributed by atoms with van der Waals surface area (Å²) in [7, 11) is 0. The van der Waals surface area contributed by atoms with Crippen LogP contribution in [0.5, 0.6) is 0 Å². The van der Waals surface area contributed by atoms with Crippen LogP contribution in [-0.2, 0) is 4.79 Å². The van der Waals surface area contributed by atoms with Crippen molar-refractivity contribution in [1.82, 2.24) is 9.97 Å². The molecule has 0 spiro atoms. The number of aromatic nitrogens is 2. The summed E-state index contributed by atoms with van der Waals surface area (Å²) in [4.78, 5) is 32.2. The van der Waals surface area contributed by atoms with Crippen molar-refractivity contribution in [2.24, 2.45) is 0 Å². The summed E-state index contributed by atoms with van der Waals surface area (Å²) in [5.74, 6) is -0.324. The molecular weight excluding hydrogens is 388 g/mol. The Hall–Kier alpha value is -3.52. The van der Waals surface area contributed by atoms with Crippen molar-refractivity contribution in [3.8, 4) is 0 Å². The summed E-state index contributed by atoms with van der Waals surface area (Å²) in [5, 5.41) is 14.2. The fourth-order valence-corrected chi connectivity index (χ4v) is 3.41. The maximum Gasteiger partial charge on any atom is 0.270 e. The standard InChI is InChI=1S/C21H18N4O3S/c1-14-12-15(2)23-21(22-14)29-19-9-7-17(8-10-19)24-20(26)11-6-16-4-3-5-18(13-16)25(27)28/h3-13H,1-2H3,(H,24,26)/b11-6+. The van der Waals surface area contributed by atoms with Gasteiger partial charge < -0.3 is 5.32 Å². The van der Waals surface area contributed by atoms with Crippen LogP contribution in [0.25, 0.3) is 6.08 Å². The zero-order valence-corrected chi connectivity index (χ0v) is 16.6. The van der Waals surface area contributed by atoms with E-state index >= 15 is 0 Å². The lowest BCUT2D eigenvalue weighted by Gasteiger charge is -2.05. The lowest BCUT2D eigenvalue weighted by atomic mass is 10.2. The third kappa shape index (κ3) is 5.98. The van der Waals surface area contributed by atoms with Crippen LogP contribution in [-0.4, -0.2) is 20.8 Å². The van der Waals surface area contributed by atoms with Crippen molar-refractivity contribution in [1.29, 1.82) is 0 Å². The number of nitrogens with zero attached hydrogens (tertiary/aromatic N) is 3. The lowest BCUT2D eigenvalue weighted by Crippen LogP contribution is -2.07. The molecule has 0 fully saturated rings. The molecule has 1 aromatic heterocycles. The summed E-state index contributed by atoms with van der Waals surface area (Å²) in [6.07, 6.45) is 2.87. The van der Waals surface area contributed by atoms with Gasteiger partial charge in [0.05, 0.1) is 4.92 Å². The van der Waals surface area contributed by atoms with E-state index in [1.54, 1.807) is 24.3 Å². The Morgan fingerprint density at radius 1 is 1.07 bits per heavy atom. The normalized spacial score (nSPS) is 10.8. The van der Waals surface area contributed by atoms with Gasteiger partial charge in [0.1, 0.15) is 0 Å². The van der Waals surface area contributed by atoms with Crippen LogP contribution in [0.4, 0.5) is 11.4 Å². The molecule has 0 radical (unpaired) electrons. The topological polar surface area (TPSA) is 98.0 Å². The molecule has 7 nitrogen and oxygen atoms in total. The number of carbonyl (C=O) groups is 1. The van der Waals surface area contributed by atoms with Gasteiger partial charge in [0.25, 0.3) is 5.69 Å². The predicted molar refractivity (Wildman–Crippen MR) is 113 cm³/mol. The third-order valence-electron chi connectivity index (χ3n) is 3.80. The minimum Gasteiger partial charge on any atom is -0.323 e. The summed E-state index contributed by atoms with van der Waals surface area (Å²) < 4.78 is 0. The molecule has 1 amide bonds. The van der Waals surface area contributed by atoms with Crippen LogP contribution in [0.2, 0.25) is 0 Å². The number of rotatable bonds is 6. The highest BCUT2D eigenvalue weighted by atomic mass is 32.2. The third-order valence-corrected chi connectivity index (χ3v) is 4.67. The van der Waals surface area contributed by atoms with Crippen LogP contribution in [0, 0.1) is 24.0 Å². The van der Waals surface area contributed by atoms with Crippen molar-refractivity contribution in [2.75, 3.05) is 5.32 Å². The van der Waals surface area contributed by atoms with E-state index in [0.29, 0.717) is 16.4 Å².